The molecule has 1 aromatic carbocycles. The largest absolute Gasteiger partial charge is 0.455 e. The molecule has 41 heavy (non-hydrogen) atoms. The number of fused-ring (bicyclic) bond motifs is 5. The van der Waals surface area contributed by atoms with E-state index in [1.54, 1.807) is 51.1 Å². The van der Waals surface area contributed by atoms with Crippen LogP contribution in [0.25, 0.3) is 0 Å². The van der Waals surface area contributed by atoms with Gasteiger partial charge < -0.3 is 34.3 Å². The van der Waals surface area contributed by atoms with E-state index in [1.165, 1.54) is 13.8 Å². The highest BCUT2D eigenvalue weighted by molar-refractivity contribution is 5.89. The van der Waals surface area contributed by atoms with Crippen molar-refractivity contribution in [3.63, 3.8) is 0 Å². The molecule has 1 saturated heterocycles. The minimum Gasteiger partial charge on any atom is -0.455 e. The third-order valence-electron chi connectivity index (χ3n) is 10.5. The van der Waals surface area contributed by atoms with E-state index in [4.69, 9.17) is 18.9 Å². The second-order valence-electron chi connectivity index (χ2n) is 12.6. The van der Waals surface area contributed by atoms with Gasteiger partial charge in [0.15, 0.2) is 5.60 Å². The van der Waals surface area contributed by atoms with Gasteiger partial charge in [-0.05, 0) is 42.5 Å². The van der Waals surface area contributed by atoms with Crippen molar-refractivity contribution in [2.75, 3.05) is 6.61 Å². The van der Waals surface area contributed by atoms with Gasteiger partial charge in [-0.15, -0.1) is 0 Å². The average Bonchev–Trinajstić information content (AvgIpc) is 2.90. The van der Waals surface area contributed by atoms with E-state index in [-0.39, 0.29) is 24.5 Å². The molecule has 0 amide bonds. The smallest absolute Gasteiger partial charge is 0.338 e. The highest BCUT2D eigenvalue weighted by atomic mass is 16.6. The standard InChI is InChI=1S/C31H40O10/c1-15-12-22-31(14-38-22,41-19(5)33)25-27(40-28(36)20-10-8-7-9-11-20)30(37)13-21(34)16(2)23(17(30)3)24(39-18(4)32)26(35)29(15,25)6/h7-11,15,17,21-22,24-27,34-35,37H,12-14H2,1-6H3/t15-,17-,21-,22+,24+,25-,26-,27-,29+,30-,31-/m0/s1. The Bertz CT molecular complexity index is 1260. The highest BCUT2D eigenvalue weighted by Gasteiger charge is 2.75. The van der Waals surface area contributed by atoms with Crippen LogP contribution >= 0.6 is 0 Å². The monoisotopic (exact) mass is 572 g/mol. The molecule has 3 N–H and O–H groups in total. The van der Waals surface area contributed by atoms with Gasteiger partial charge in [0.1, 0.15) is 30.0 Å². The number of esters is 3. The van der Waals surface area contributed by atoms with Crippen molar-refractivity contribution in [1.29, 1.82) is 0 Å². The zero-order valence-electron chi connectivity index (χ0n) is 24.3. The number of ether oxygens (including phenoxy) is 4. The Morgan fingerprint density at radius 3 is 2.24 bits per heavy atom. The summed E-state index contributed by atoms with van der Waals surface area (Å²) in [5.74, 6) is -4.08. The zero-order valence-corrected chi connectivity index (χ0v) is 24.3. The fraction of sp³-hybridized carbons (Fsp3) is 0.645. The topological polar surface area (TPSA) is 149 Å². The Morgan fingerprint density at radius 1 is 1.02 bits per heavy atom. The summed E-state index contributed by atoms with van der Waals surface area (Å²) in [6.07, 6.45) is -5.50. The third-order valence-corrected chi connectivity index (χ3v) is 10.5. The van der Waals surface area contributed by atoms with Crippen LogP contribution in [0.15, 0.2) is 41.5 Å². The molecule has 3 aliphatic carbocycles. The minimum atomic E-state index is -1.90. The molecule has 0 radical (unpaired) electrons. The molecule has 10 heteroatoms. The van der Waals surface area contributed by atoms with Gasteiger partial charge in [0.2, 0.25) is 0 Å². The van der Waals surface area contributed by atoms with Gasteiger partial charge in [-0.25, -0.2) is 4.79 Å². The molecule has 3 fully saturated rings. The van der Waals surface area contributed by atoms with Crippen LogP contribution in [0.3, 0.4) is 0 Å². The zero-order chi connectivity index (χ0) is 30.1. The van der Waals surface area contributed by atoms with Gasteiger partial charge in [-0.1, -0.05) is 39.0 Å². The van der Waals surface area contributed by atoms with Crippen LogP contribution in [0.2, 0.25) is 0 Å². The summed E-state index contributed by atoms with van der Waals surface area (Å²) in [6, 6.07) is 8.33. The van der Waals surface area contributed by atoms with Crippen molar-refractivity contribution in [2.24, 2.45) is 23.2 Å². The van der Waals surface area contributed by atoms with Gasteiger partial charge in [0.05, 0.1) is 24.2 Å². The van der Waals surface area contributed by atoms with Gasteiger partial charge >= 0.3 is 17.9 Å². The molecule has 0 spiro atoms. The maximum absolute atomic E-state index is 13.7. The summed E-state index contributed by atoms with van der Waals surface area (Å²) in [4.78, 5) is 38.7. The number of hydrogen-bond donors (Lipinski definition) is 3. The number of aliphatic hydroxyl groups excluding tert-OH is 2. The van der Waals surface area contributed by atoms with E-state index < -0.39 is 76.9 Å². The number of carbonyl (C=O) groups excluding carboxylic acids is 3. The van der Waals surface area contributed by atoms with Crippen LogP contribution in [0.4, 0.5) is 0 Å². The quantitative estimate of drug-likeness (QED) is 0.279. The fourth-order valence-corrected chi connectivity index (χ4v) is 8.11. The number of hydrogen-bond acceptors (Lipinski definition) is 10. The van der Waals surface area contributed by atoms with Crippen LogP contribution in [0.1, 0.15) is 64.7 Å². The fourth-order valence-electron chi connectivity index (χ4n) is 8.11. The Hall–Kier alpha value is -2.79. The maximum Gasteiger partial charge on any atom is 0.338 e. The van der Waals surface area contributed by atoms with Crippen LogP contribution in [0, 0.1) is 23.2 Å². The lowest BCUT2D eigenvalue weighted by atomic mass is 9.45. The Balaban J connectivity index is 1.79. The van der Waals surface area contributed by atoms with Gasteiger partial charge in [0, 0.05) is 31.6 Å². The third kappa shape index (κ3) is 4.33. The molecule has 4 aliphatic rings. The summed E-state index contributed by atoms with van der Waals surface area (Å²) < 4.78 is 24.0. The van der Waals surface area contributed by atoms with E-state index in [2.05, 4.69) is 0 Å². The first kappa shape index (κ1) is 29.7. The molecule has 11 atom stereocenters. The van der Waals surface area contributed by atoms with Crippen molar-refractivity contribution in [3.05, 3.63) is 47.0 Å². The maximum atomic E-state index is 13.7. The molecule has 0 aromatic heterocycles. The Kier molecular flexibility index (Phi) is 7.38. The van der Waals surface area contributed by atoms with Gasteiger partial charge in [-0.3, -0.25) is 9.59 Å². The summed E-state index contributed by atoms with van der Waals surface area (Å²) >= 11 is 0. The Labute approximate surface area is 239 Å². The van der Waals surface area contributed by atoms with Crippen molar-refractivity contribution >= 4 is 17.9 Å². The molecule has 10 nitrogen and oxygen atoms in total. The normalized spacial score (nSPS) is 43.3. The lowest BCUT2D eigenvalue weighted by molar-refractivity contribution is -0.355. The average molecular weight is 573 g/mol. The summed E-state index contributed by atoms with van der Waals surface area (Å²) in [6.45, 7) is 9.58. The lowest BCUT2D eigenvalue weighted by Gasteiger charge is -2.68. The molecule has 0 unspecified atom stereocenters. The van der Waals surface area contributed by atoms with Crippen LogP contribution in [0.5, 0.6) is 0 Å². The van der Waals surface area contributed by atoms with Crippen LogP contribution < -0.4 is 0 Å². The van der Waals surface area contributed by atoms with Crippen molar-refractivity contribution < 1.29 is 48.7 Å². The first-order valence-corrected chi connectivity index (χ1v) is 14.2. The second kappa shape index (κ2) is 10.2. The molecular formula is C31H40O10. The molecule has 5 rings (SSSR count). The Morgan fingerprint density at radius 2 is 1.68 bits per heavy atom. The molecule has 1 aliphatic heterocycles. The molecule has 1 aromatic rings. The number of benzene rings is 1. The number of rotatable bonds is 4. The van der Waals surface area contributed by atoms with Crippen LogP contribution in [-0.2, 0) is 28.5 Å². The van der Waals surface area contributed by atoms with E-state index in [1.807, 2.05) is 6.92 Å². The van der Waals surface area contributed by atoms with E-state index in [0.717, 1.165) is 0 Å². The SMILES string of the molecule is CC(=O)O[C@@H]1C2=C(C)[C@@H](O)C[C@](O)([C@H]2C)[C@@H](OC(=O)c2ccccc2)[C@@H]2[C@]3(OC(C)=O)CO[C@@H]3C[C@H](C)[C@@]2(C)[C@H]1O. The summed E-state index contributed by atoms with van der Waals surface area (Å²) in [7, 11) is 0. The molecule has 224 valence electrons. The van der Waals surface area contributed by atoms with E-state index in [9.17, 15) is 29.7 Å². The number of carbonyl (C=O) groups is 3. The first-order valence-electron chi connectivity index (χ1n) is 14.2. The predicted molar refractivity (Wildman–Crippen MR) is 144 cm³/mol. The second-order valence-corrected chi connectivity index (χ2v) is 12.6. The van der Waals surface area contributed by atoms with Crippen molar-refractivity contribution in [2.45, 2.75) is 96.1 Å². The van der Waals surface area contributed by atoms with Crippen molar-refractivity contribution in [1.82, 2.24) is 0 Å². The highest BCUT2D eigenvalue weighted by Crippen LogP contribution is 2.64. The molecule has 1 heterocycles. The van der Waals surface area contributed by atoms with Gasteiger partial charge in [0.25, 0.3) is 0 Å². The minimum absolute atomic E-state index is 0.0384. The summed E-state index contributed by atoms with van der Waals surface area (Å²) in [5, 5.41) is 36.3. The lowest BCUT2D eigenvalue weighted by Crippen LogP contribution is -2.80. The molecular weight excluding hydrogens is 532 g/mol. The molecule has 2 bridgehead atoms. The number of aliphatic hydroxyl groups is 3. The van der Waals surface area contributed by atoms with E-state index >= 15 is 0 Å². The van der Waals surface area contributed by atoms with Crippen LogP contribution in [-0.4, -0.2) is 81.6 Å². The molecule has 2 saturated carbocycles. The summed E-state index contributed by atoms with van der Waals surface area (Å²) in [5.41, 5.74) is -3.36. The first-order chi connectivity index (χ1) is 19.2. The van der Waals surface area contributed by atoms with Crippen molar-refractivity contribution in [3.8, 4) is 0 Å². The van der Waals surface area contributed by atoms with E-state index in [0.29, 0.717) is 17.6 Å². The predicted octanol–water partition coefficient (Wildman–Crippen LogP) is 2.33. The van der Waals surface area contributed by atoms with Gasteiger partial charge in [-0.2, -0.15) is 0 Å².